The lowest BCUT2D eigenvalue weighted by molar-refractivity contribution is 0.0685. The molecule has 1 unspecified atom stereocenters. The van der Waals surface area contributed by atoms with Crippen molar-refractivity contribution in [3.63, 3.8) is 0 Å². The van der Waals surface area contributed by atoms with Gasteiger partial charge < -0.3 is 10.1 Å². The number of ether oxygens (including phenoxy) is 1. The van der Waals surface area contributed by atoms with Crippen LogP contribution in [0, 0.1) is 34.5 Å². The van der Waals surface area contributed by atoms with Gasteiger partial charge in [0.25, 0.3) is 5.91 Å². The zero-order valence-electron chi connectivity index (χ0n) is 10.3. The second kappa shape index (κ2) is 7.50. The van der Waals surface area contributed by atoms with Crippen molar-refractivity contribution >= 4 is 5.91 Å². The predicted octanol–water partition coefficient (Wildman–Crippen LogP) is 1.18. The lowest BCUT2D eigenvalue weighted by Crippen LogP contribution is -2.36. The van der Waals surface area contributed by atoms with Gasteiger partial charge in [0.2, 0.25) is 6.23 Å². The molecular weight excluding hydrogens is 242 g/mol. The van der Waals surface area contributed by atoms with E-state index in [2.05, 4.69) is 17.2 Å². The number of hydrogen-bond donors (Lipinski definition) is 1. The molecule has 0 saturated carbocycles. The summed E-state index contributed by atoms with van der Waals surface area (Å²) in [6, 6.07) is 9.92. The fourth-order valence-electron chi connectivity index (χ4n) is 1.24. The Balaban J connectivity index is 2.69. The molecule has 0 aromatic heterocycles. The molecule has 0 aliphatic rings. The van der Waals surface area contributed by atoms with Crippen LogP contribution in [-0.2, 0) is 4.74 Å². The summed E-state index contributed by atoms with van der Waals surface area (Å²) in [4.78, 5) is 11.8. The highest BCUT2D eigenvalue weighted by Gasteiger charge is 2.13. The Labute approximate surface area is 111 Å². The maximum absolute atomic E-state index is 11.8. The Bertz CT molecular complexity index is 600. The van der Waals surface area contributed by atoms with Crippen molar-refractivity contribution in [3.8, 4) is 24.0 Å². The smallest absolute Gasteiger partial charge is 0.254 e. The van der Waals surface area contributed by atoms with Crippen LogP contribution in [0.5, 0.6) is 0 Å². The summed E-state index contributed by atoms with van der Waals surface area (Å²) in [5, 5.41) is 20.0. The standard InChI is InChI=1S/C14H11N3O2/c1-2-3-7-19-13(10-16)17-14(18)12-6-4-5-11(8-12)9-15/h4-6,8,13H,7H2,1H3,(H,17,18). The molecule has 0 saturated heterocycles. The third-order valence-corrected chi connectivity index (χ3v) is 2.13. The van der Waals surface area contributed by atoms with Crippen LogP contribution in [0.4, 0.5) is 0 Å². The second-order valence-electron chi connectivity index (χ2n) is 3.41. The number of hydrogen-bond acceptors (Lipinski definition) is 4. The Morgan fingerprint density at radius 3 is 2.89 bits per heavy atom. The predicted molar refractivity (Wildman–Crippen MR) is 67.4 cm³/mol. The van der Waals surface area contributed by atoms with E-state index in [1.54, 1.807) is 31.2 Å². The highest BCUT2D eigenvalue weighted by Crippen LogP contribution is 2.04. The van der Waals surface area contributed by atoms with E-state index in [9.17, 15) is 4.79 Å². The van der Waals surface area contributed by atoms with Crippen molar-refractivity contribution in [3.05, 3.63) is 35.4 Å². The van der Waals surface area contributed by atoms with Crippen molar-refractivity contribution in [1.82, 2.24) is 5.32 Å². The van der Waals surface area contributed by atoms with Crippen molar-refractivity contribution in [2.75, 3.05) is 6.61 Å². The van der Waals surface area contributed by atoms with E-state index >= 15 is 0 Å². The van der Waals surface area contributed by atoms with Gasteiger partial charge in [0, 0.05) is 5.56 Å². The van der Waals surface area contributed by atoms with Crippen molar-refractivity contribution in [1.29, 1.82) is 10.5 Å². The number of nitriles is 2. The molecule has 0 spiro atoms. The Kier molecular flexibility index (Phi) is 5.63. The normalized spacial score (nSPS) is 10.3. The van der Waals surface area contributed by atoms with E-state index < -0.39 is 12.1 Å². The SMILES string of the molecule is CC#CCOC(C#N)NC(=O)c1cccc(C#N)c1. The molecule has 1 atom stereocenters. The van der Waals surface area contributed by atoms with Crippen LogP contribution in [0.25, 0.3) is 0 Å². The third-order valence-electron chi connectivity index (χ3n) is 2.13. The first-order valence-corrected chi connectivity index (χ1v) is 5.43. The molecule has 0 heterocycles. The summed E-state index contributed by atoms with van der Waals surface area (Å²) >= 11 is 0. The van der Waals surface area contributed by atoms with Crippen LogP contribution in [0.1, 0.15) is 22.8 Å². The first kappa shape index (κ1) is 14.3. The van der Waals surface area contributed by atoms with Gasteiger partial charge in [-0.1, -0.05) is 12.0 Å². The quantitative estimate of drug-likeness (QED) is 0.644. The average molecular weight is 253 g/mol. The molecule has 1 rings (SSSR count). The van der Waals surface area contributed by atoms with Gasteiger partial charge in [0.15, 0.2) is 0 Å². The summed E-state index contributed by atoms with van der Waals surface area (Å²) in [6.45, 7) is 1.71. The largest absolute Gasteiger partial charge is 0.332 e. The van der Waals surface area contributed by atoms with Crippen LogP contribution >= 0.6 is 0 Å². The number of nitrogens with zero attached hydrogens (tertiary/aromatic N) is 2. The van der Waals surface area contributed by atoms with Gasteiger partial charge in [-0.25, -0.2) is 0 Å². The summed E-state index contributed by atoms with van der Waals surface area (Å²) in [6.07, 6.45) is -1.07. The molecule has 0 radical (unpaired) electrons. The zero-order valence-corrected chi connectivity index (χ0v) is 10.3. The van der Waals surface area contributed by atoms with Crippen LogP contribution in [0.15, 0.2) is 24.3 Å². The molecule has 0 bridgehead atoms. The average Bonchev–Trinajstić information content (AvgIpc) is 2.46. The first-order chi connectivity index (χ1) is 9.21. The fraction of sp³-hybridized carbons (Fsp3) is 0.214. The monoisotopic (exact) mass is 253 g/mol. The first-order valence-electron chi connectivity index (χ1n) is 5.43. The van der Waals surface area contributed by atoms with E-state index in [4.69, 9.17) is 15.3 Å². The van der Waals surface area contributed by atoms with E-state index in [0.29, 0.717) is 11.1 Å². The maximum atomic E-state index is 11.8. The van der Waals surface area contributed by atoms with Crippen LogP contribution < -0.4 is 5.32 Å². The molecule has 1 aromatic carbocycles. The van der Waals surface area contributed by atoms with Gasteiger partial charge in [0.1, 0.15) is 12.7 Å². The number of benzene rings is 1. The van der Waals surface area contributed by atoms with Gasteiger partial charge in [-0.2, -0.15) is 10.5 Å². The molecule has 94 valence electrons. The third kappa shape index (κ3) is 4.52. The highest BCUT2D eigenvalue weighted by atomic mass is 16.5. The number of amides is 1. The highest BCUT2D eigenvalue weighted by molar-refractivity contribution is 5.94. The molecule has 0 aliphatic heterocycles. The minimum Gasteiger partial charge on any atom is -0.332 e. The zero-order chi connectivity index (χ0) is 14.1. The number of rotatable bonds is 4. The summed E-state index contributed by atoms with van der Waals surface area (Å²) in [5.41, 5.74) is 0.670. The number of nitrogens with one attached hydrogen (secondary N) is 1. The summed E-state index contributed by atoms with van der Waals surface area (Å²) in [5.74, 6) is 4.76. The minimum atomic E-state index is -1.07. The van der Waals surface area contributed by atoms with Crippen LogP contribution in [-0.4, -0.2) is 18.7 Å². The molecule has 1 amide bonds. The van der Waals surface area contributed by atoms with Gasteiger partial charge in [-0.3, -0.25) is 4.79 Å². The van der Waals surface area contributed by atoms with Crippen molar-refractivity contribution < 1.29 is 9.53 Å². The molecule has 0 aliphatic carbocycles. The molecule has 1 N–H and O–H groups in total. The molecule has 19 heavy (non-hydrogen) atoms. The van der Waals surface area contributed by atoms with Crippen LogP contribution in [0.2, 0.25) is 0 Å². The number of carbonyl (C=O) groups is 1. The van der Waals surface area contributed by atoms with E-state index in [-0.39, 0.29) is 6.61 Å². The number of carbonyl (C=O) groups excluding carboxylic acids is 1. The Morgan fingerprint density at radius 1 is 1.47 bits per heavy atom. The Morgan fingerprint density at radius 2 is 2.26 bits per heavy atom. The fourth-order valence-corrected chi connectivity index (χ4v) is 1.24. The van der Waals surface area contributed by atoms with Gasteiger partial charge in [0.05, 0.1) is 11.6 Å². The summed E-state index contributed by atoms with van der Waals surface area (Å²) in [7, 11) is 0. The molecule has 0 fully saturated rings. The lowest BCUT2D eigenvalue weighted by atomic mass is 10.1. The topological polar surface area (TPSA) is 85.9 Å². The molecular formula is C14H11N3O2. The minimum absolute atomic E-state index is 0.0627. The van der Waals surface area contributed by atoms with Crippen LogP contribution in [0.3, 0.4) is 0 Å². The lowest BCUT2D eigenvalue weighted by Gasteiger charge is -2.10. The van der Waals surface area contributed by atoms with E-state index in [1.807, 2.05) is 6.07 Å². The molecule has 5 nitrogen and oxygen atoms in total. The van der Waals surface area contributed by atoms with Crippen molar-refractivity contribution in [2.24, 2.45) is 0 Å². The van der Waals surface area contributed by atoms with Crippen molar-refractivity contribution in [2.45, 2.75) is 13.2 Å². The maximum Gasteiger partial charge on any atom is 0.254 e. The van der Waals surface area contributed by atoms with Gasteiger partial charge in [-0.15, -0.1) is 5.92 Å². The van der Waals surface area contributed by atoms with E-state index in [1.165, 1.54) is 6.07 Å². The second-order valence-corrected chi connectivity index (χ2v) is 3.41. The Hall–Kier alpha value is -2.81. The van der Waals surface area contributed by atoms with E-state index in [0.717, 1.165) is 0 Å². The molecule has 1 aromatic rings. The van der Waals surface area contributed by atoms with Gasteiger partial charge >= 0.3 is 0 Å². The van der Waals surface area contributed by atoms with Gasteiger partial charge in [-0.05, 0) is 25.1 Å². The summed E-state index contributed by atoms with van der Waals surface area (Å²) < 4.78 is 5.05. The molecule has 5 heteroatoms.